The van der Waals surface area contributed by atoms with Gasteiger partial charge in [0.05, 0.1) is 43.0 Å². The Balaban J connectivity index is 0.782. The number of aliphatic hydroxyl groups excluding tert-OH is 9. The van der Waals surface area contributed by atoms with Gasteiger partial charge in [-0.1, -0.05) is 107 Å². The fourth-order valence-electron chi connectivity index (χ4n) is 24.5. The van der Waals surface area contributed by atoms with E-state index in [-0.39, 0.29) is 46.3 Å². The van der Waals surface area contributed by atoms with Crippen molar-refractivity contribution in [3.05, 3.63) is 11.6 Å². The number of allylic oxidation sites excluding steroid dienone is 2. The Hall–Kier alpha value is -2.41. The Bertz CT molecular complexity index is 2810. The molecule has 0 aromatic carbocycles. The smallest absolute Gasteiger partial charge is 0.407 e. The maximum Gasteiger partial charge on any atom is 0.407 e. The van der Waals surface area contributed by atoms with E-state index in [4.69, 9.17) is 33.2 Å². The zero-order chi connectivity index (χ0) is 68.7. The molecule has 12 aliphatic rings. The molecular weight excluding hydrogens is 1220 g/mol. The van der Waals surface area contributed by atoms with Crippen LogP contribution in [0.1, 0.15) is 218 Å². The first kappa shape index (κ1) is 72.4. The van der Waals surface area contributed by atoms with Gasteiger partial charge in [0.25, 0.3) is 0 Å². The molecule has 95 heavy (non-hydrogen) atoms. The van der Waals surface area contributed by atoms with E-state index < -0.39 is 152 Å². The number of alkyl carbamates (subject to hydrolysis) is 1. The summed E-state index contributed by atoms with van der Waals surface area (Å²) in [6.07, 6.45) is -2.80. The number of hydrogen-bond donors (Lipinski definition) is 10. The highest BCUT2D eigenvalue weighted by atomic mass is 16.8. The molecule has 0 aromatic heterocycles. The Kier molecular flexibility index (Phi) is 20.1. The van der Waals surface area contributed by atoms with Crippen LogP contribution in [0.3, 0.4) is 0 Å². The second kappa shape index (κ2) is 26.4. The first-order valence-corrected chi connectivity index (χ1v) is 37.3. The van der Waals surface area contributed by atoms with E-state index in [1.165, 1.54) is 58.3 Å². The minimum Gasteiger partial charge on any atom is -0.446 e. The van der Waals surface area contributed by atoms with Crippen LogP contribution in [-0.4, -0.2) is 182 Å². The molecule has 0 aromatic rings. The molecule has 12 rings (SSSR count). The first-order valence-electron chi connectivity index (χ1n) is 37.3. The lowest BCUT2D eigenvalue weighted by atomic mass is 9.33. The maximum atomic E-state index is 16.0. The van der Waals surface area contributed by atoms with Gasteiger partial charge in [-0.05, 0) is 214 Å². The van der Waals surface area contributed by atoms with Gasteiger partial charge in [0.1, 0.15) is 66.6 Å². The van der Waals surface area contributed by atoms with Crippen molar-refractivity contribution in [2.45, 2.75) is 322 Å². The molecule has 11 fully saturated rings. The molecule has 8 saturated carbocycles. The molecule has 20 heteroatoms. The second-order valence-corrected chi connectivity index (χ2v) is 35.9. The number of fused-ring (bicyclic) bond motifs is 12. The average molecular weight is 1340 g/mol. The van der Waals surface area contributed by atoms with Crippen LogP contribution in [0.25, 0.3) is 0 Å². The summed E-state index contributed by atoms with van der Waals surface area (Å²) >= 11 is 0. The third-order valence-electron chi connectivity index (χ3n) is 30.3. The van der Waals surface area contributed by atoms with Crippen LogP contribution in [0.15, 0.2) is 11.6 Å². The van der Waals surface area contributed by atoms with E-state index in [2.05, 4.69) is 80.6 Å². The molecular formula is C75H121NO19. The minimum atomic E-state index is -1.95. The largest absolute Gasteiger partial charge is 0.446 e. The average Bonchev–Trinajstić information content (AvgIpc) is 1.14. The topological polar surface area (TPSA) is 310 Å². The lowest BCUT2D eigenvalue weighted by molar-refractivity contribution is -0.370. The Morgan fingerprint density at radius 2 is 1.37 bits per heavy atom. The fraction of sp³-hybridized carbons (Fsp3) is 0.933. The highest BCUT2D eigenvalue weighted by molar-refractivity contribution is 5.80. The van der Waals surface area contributed by atoms with Gasteiger partial charge in [-0.2, -0.15) is 0 Å². The summed E-state index contributed by atoms with van der Waals surface area (Å²) in [6, 6.07) is -1.45. The maximum absolute atomic E-state index is 16.0. The van der Waals surface area contributed by atoms with Gasteiger partial charge in [0.2, 0.25) is 6.29 Å². The number of aliphatic hydroxyl groups is 9. The SMILES string of the molecule is CC(C)CCC[C@@H](C)C1CC[C@H]2C3CCC4C[C@@H](OC(=O)N[C@H]5C(CO)O[C@@H](OC(=O)[C@]67CCC(C)(C)CC6C6=CCC8C9(C)CC[C@H](O)[C@](C)(C=O)C9CCC8(C)[C@]6(C)C[C@H]7O)C(O[C@@H]6O[C@H](C)[C@H](O[C@@H]7OC[C@@H](O)C(O)C7O)C(O)C6O)C5O)CCC4(C)C3CCC12C. The van der Waals surface area contributed by atoms with Crippen molar-refractivity contribution in [3.8, 4) is 0 Å². The molecule has 0 spiro atoms. The van der Waals surface area contributed by atoms with Gasteiger partial charge < -0.3 is 89.2 Å². The van der Waals surface area contributed by atoms with E-state index in [1.54, 1.807) is 0 Å². The van der Waals surface area contributed by atoms with Gasteiger partial charge in [-0.25, -0.2) is 4.79 Å². The number of nitrogens with one attached hydrogen (secondary N) is 1. The number of aldehydes is 1. The van der Waals surface area contributed by atoms with Crippen LogP contribution in [0.4, 0.5) is 4.79 Å². The number of ether oxygens (including phenoxy) is 7. The van der Waals surface area contributed by atoms with Gasteiger partial charge in [-0.15, -0.1) is 0 Å². The van der Waals surface area contributed by atoms with Gasteiger partial charge in [0, 0.05) is 0 Å². The monoisotopic (exact) mass is 1340 g/mol. The zero-order valence-electron chi connectivity index (χ0n) is 59.1. The molecule has 33 atom stereocenters. The third-order valence-corrected chi connectivity index (χ3v) is 30.3. The predicted octanol–water partition coefficient (Wildman–Crippen LogP) is 8.18. The van der Waals surface area contributed by atoms with Crippen LogP contribution in [-0.2, 0) is 42.7 Å². The molecule has 9 aliphatic carbocycles. The van der Waals surface area contributed by atoms with Gasteiger partial charge in [0.15, 0.2) is 18.7 Å². The number of carbonyl (C=O) groups excluding carboxylic acids is 3. The molecule has 3 heterocycles. The normalized spacial score (nSPS) is 52.7. The van der Waals surface area contributed by atoms with Crippen molar-refractivity contribution in [2.75, 3.05) is 13.2 Å². The zero-order valence-corrected chi connectivity index (χ0v) is 59.1. The summed E-state index contributed by atoms with van der Waals surface area (Å²) in [5.74, 6) is 3.36. The number of hydrogen-bond acceptors (Lipinski definition) is 19. The minimum absolute atomic E-state index is 0.0452. The van der Waals surface area contributed by atoms with Crippen molar-refractivity contribution in [1.29, 1.82) is 0 Å². The lowest BCUT2D eigenvalue weighted by Crippen LogP contribution is -2.69. The first-order chi connectivity index (χ1) is 44.7. The summed E-state index contributed by atoms with van der Waals surface area (Å²) in [4.78, 5) is 43.4. The predicted molar refractivity (Wildman–Crippen MR) is 349 cm³/mol. The number of rotatable bonds is 15. The summed E-state index contributed by atoms with van der Waals surface area (Å²) in [7, 11) is 0. The number of esters is 1. The fourth-order valence-corrected chi connectivity index (χ4v) is 24.5. The Morgan fingerprint density at radius 1 is 0.674 bits per heavy atom. The Morgan fingerprint density at radius 3 is 2.08 bits per heavy atom. The van der Waals surface area contributed by atoms with Crippen molar-refractivity contribution >= 4 is 18.3 Å². The quantitative estimate of drug-likeness (QED) is 0.0420. The number of carbonyl (C=O) groups is 3. The van der Waals surface area contributed by atoms with E-state index in [0.29, 0.717) is 61.7 Å². The van der Waals surface area contributed by atoms with Crippen LogP contribution >= 0.6 is 0 Å². The van der Waals surface area contributed by atoms with Crippen LogP contribution in [0.2, 0.25) is 0 Å². The number of amides is 1. The van der Waals surface area contributed by atoms with Gasteiger partial charge in [-0.3, -0.25) is 4.79 Å². The molecule has 1 amide bonds. The van der Waals surface area contributed by atoms with Crippen LogP contribution in [0, 0.1) is 102 Å². The van der Waals surface area contributed by atoms with Crippen molar-refractivity contribution < 1.29 is 93.5 Å². The Labute approximate surface area is 564 Å². The molecule has 10 N–H and O–H groups in total. The third kappa shape index (κ3) is 11.9. The summed E-state index contributed by atoms with van der Waals surface area (Å²) in [5.41, 5.74) is -2.41. The molecule has 0 radical (unpaired) electrons. The van der Waals surface area contributed by atoms with Crippen LogP contribution < -0.4 is 5.32 Å². The van der Waals surface area contributed by atoms with Crippen molar-refractivity contribution in [2.24, 2.45) is 102 Å². The van der Waals surface area contributed by atoms with E-state index in [0.717, 1.165) is 67.6 Å². The molecule has 18 unspecified atom stereocenters. The highest BCUT2D eigenvalue weighted by Crippen LogP contribution is 2.76. The van der Waals surface area contributed by atoms with Crippen molar-refractivity contribution in [1.82, 2.24) is 5.32 Å². The van der Waals surface area contributed by atoms with Gasteiger partial charge >= 0.3 is 12.1 Å². The van der Waals surface area contributed by atoms with Crippen LogP contribution in [0.5, 0.6) is 0 Å². The highest BCUT2D eigenvalue weighted by Gasteiger charge is 2.73. The van der Waals surface area contributed by atoms with Crippen molar-refractivity contribution in [3.63, 3.8) is 0 Å². The lowest BCUT2D eigenvalue weighted by Gasteiger charge is -2.71. The standard InChI is InChI=1S/C75H121NO19/c1-38(2)14-13-15-39(3)44-18-19-45-43-17-16-41-32-42(22-26-69(41,7)46(43)23-27-70(44,45)8)91-67(88)76-55-50(35-77)92-65(62(57(55)83)94-64-60(86)58(84)61(40(4)90-64)93-63-59(85)56(82)49(79)36-89-63)95-66(87)75-31-30-68(5,6)33-48(75)47-20-21-52-71(9)28-25-53(80)72(10,37-78)51(71)24-29-73(52,11)74(47,12)34-54(75)81/h20,37-46,48-65,77,79-86H,13-19,21-36H2,1-12H3,(H,76,88)/t39-,40-,41?,42+,43?,44?,45+,46?,48?,49-,50?,51?,52?,53+,54-,55+,56?,57?,58?,59?,60?,61+,62?,63+,64+,65+,69?,70?,71?,72-,73?,74-,75-/m1/s1. The molecule has 540 valence electrons. The summed E-state index contributed by atoms with van der Waals surface area (Å²) in [6.45, 7) is 25.7. The van der Waals surface area contributed by atoms with E-state index in [1.807, 2.05) is 6.92 Å². The van der Waals surface area contributed by atoms with E-state index >= 15 is 4.79 Å². The van der Waals surface area contributed by atoms with E-state index in [9.17, 15) is 55.5 Å². The second-order valence-electron chi connectivity index (χ2n) is 35.9. The molecule has 3 saturated heterocycles. The molecule has 0 bridgehead atoms. The summed E-state index contributed by atoms with van der Waals surface area (Å²) in [5, 5.41) is 106. The summed E-state index contributed by atoms with van der Waals surface area (Å²) < 4.78 is 43.5. The molecule has 3 aliphatic heterocycles. The molecule has 20 nitrogen and oxygen atoms in total.